The van der Waals surface area contributed by atoms with Crippen LogP contribution < -0.4 is 16.9 Å². The smallest absolute Gasteiger partial charge is 0.303 e. The molecule has 136 valence electrons. The van der Waals surface area contributed by atoms with Gasteiger partial charge in [0, 0.05) is 36.1 Å². The minimum atomic E-state index is -0.661. The zero-order valence-electron chi connectivity index (χ0n) is 14.4. The first-order chi connectivity index (χ1) is 12.0. The minimum Gasteiger partial charge on any atom is -0.481 e. The van der Waals surface area contributed by atoms with Crippen molar-refractivity contribution < 1.29 is 9.90 Å². The quantitative estimate of drug-likeness (QED) is 0.677. The van der Waals surface area contributed by atoms with E-state index in [1.807, 2.05) is 12.1 Å². The van der Waals surface area contributed by atoms with Crippen LogP contribution in [0.3, 0.4) is 0 Å². The number of H-pyrrole nitrogens is 1. The van der Waals surface area contributed by atoms with Crippen LogP contribution in [-0.2, 0) is 11.3 Å². The number of fused-ring (bicyclic) bond motifs is 1. The zero-order chi connectivity index (χ0) is 18.2. The molecule has 6 heteroatoms. The van der Waals surface area contributed by atoms with Crippen LogP contribution in [0.25, 0.3) is 10.9 Å². The number of carbonyl (C=O) groups is 1. The highest BCUT2D eigenvalue weighted by Crippen LogP contribution is 2.29. The summed E-state index contributed by atoms with van der Waals surface area (Å²) in [6.45, 7) is 1.26. The molecule has 1 saturated carbocycles. The molecule has 1 aromatic carbocycles. The number of aliphatic carboxylic acids is 1. The molecule has 0 radical (unpaired) electrons. The highest BCUT2D eigenvalue weighted by molar-refractivity contribution is 5.78. The van der Waals surface area contributed by atoms with Crippen molar-refractivity contribution in [3.63, 3.8) is 0 Å². The van der Waals surface area contributed by atoms with Crippen molar-refractivity contribution in [3.05, 3.63) is 46.2 Å². The third-order valence-electron chi connectivity index (χ3n) is 4.82. The Labute approximate surface area is 147 Å². The molecule has 25 heavy (non-hydrogen) atoms. The molecule has 3 rings (SSSR count). The lowest BCUT2D eigenvalue weighted by Crippen LogP contribution is -2.22. The summed E-state index contributed by atoms with van der Waals surface area (Å²) in [5.41, 5.74) is 12.9. The molecule has 0 saturated heterocycles. The Bertz CT molecular complexity index is 749. The molecule has 2 aromatic rings. The number of aromatic amines is 1. The summed E-state index contributed by atoms with van der Waals surface area (Å²) in [5.74, 6) is 0.395. The van der Waals surface area contributed by atoms with Gasteiger partial charge in [0.25, 0.3) is 0 Å². The Balaban J connectivity index is 0.000000181. The van der Waals surface area contributed by atoms with Crippen LogP contribution in [0.4, 0.5) is 0 Å². The summed E-state index contributed by atoms with van der Waals surface area (Å²) in [6, 6.07) is 7.09. The van der Waals surface area contributed by atoms with E-state index in [2.05, 4.69) is 4.98 Å². The van der Waals surface area contributed by atoms with E-state index in [0.717, 1.165) is 43.3 Å². The SMILES string of the molecule is NCC1CCC(CC(=O)O)CC1.NCc1ccc2c(=O)cc[nH]c2c1. The first kappa shape index (κ1) is 19.1. The topological polar surface area (TPSA) is 122 Å². The molecule has 0 bridgehead atoms. The molecule has 0 atom stereocenters. The number of benzene rings is 1. The van der Waals surface area contributed by atoms with Crippen molar-refractivity contribution in [3.8, 4) is 0 Å². The lowest BCUT2D eigenvalue weighted by molar-refractivity contribution is -0.138. The first-order valence-electron chi connectivity index (χ1n) is 8.75. The Morgan fingerprint density at radius 1 is 1.12 bits per heavy atom. The van der Waals surface area contributed by atoms with E-state index < -0.39 is 5.97 Å². The largest absolute Gasteiger partial charge is 0.481 e. The minimum absolute atomic E-state index is 0.0392. The maximum Gasteiger partial charge on any atom is 0.303 e. The fraction of sp³-hybridized carbons (Fsp3) is 0.474. The third-order valence-corrected chi connectivity index (χ3v) is 4.82. The molecular weight excluding hydrogens is 318 g/mol. The summed E-state index contributed by atoms with van der Waals surface area (Å²) in [5, 5.41) is 9.27. The molecule has 6 nitrogen and oxygen atoms in total. The second kappa shape index (κ2) is 9.34. The fourth-order valence-electron chi connectivity index (χ4n) is 3.27. The van der Waals surface area contributed by atoms with Gasteiger partial charge in [-0.15, -0.1) is 0 Å². The van der Waals surface area contributed by atoms with Gasteiger partial charge in [-0.3, -0.25) is 9.59 Å². The maximum absolute atomic E-state index is 11.3. The average molecular weight is 345 g/mol. The number of carboxylic acid groups (broad SMARTS) is 1. The number of aromatic nitrogens is 1. The van der Waals surface area contributed by atoms with Gasteiger partial charge in [-0.25, -0.2) is 0 Å². The highest BCUT2D eigenvalue weighted by Gasteiger charge is 2.21. The van der Waals surface area contributed by atoms with E-state index >= 15 is 0 Å². The first-order valence-corrected chi connectivity index (χ1v) is 8.75. The molecule has 1 aliphatic rings. The van der Waals surface area contributed by atoms with Crippen molar-refractivity contribution >= 4 is 16.9 Å². The van der Waals surface area contributed by atoms with E-state index in [-0.39, 0.29) is 5.43 Å². The summed E-state index contributed by atoms with van der Waals surface area (Å²) < 4.78 is 0. The zero-order valence-corrected chi connectivity index (χ0v) is 14.4. The van der Waals surface area contributed by atoms with E-state index in [4.69, 9.17) is 16.6 Å². The second-order valence-electron chi connectivity index (χ2n) is 6.65. The third kappa shape index (κ3) is 5.69. The predicted molar refractivity (Wildman–Crippen MR) is 99.2 cm³/mol. The van der Waals surface area contributed by atoms with E-state index in [1.54, 1.807) is 12.3 Å². The van der Waals surface area contributed by atoms with Crippen molar-refractivity contribution in [2.45, 2.75) is 38.6 Å². The molecule has 6 N–H and O–H groups in total. The number of hydrogen-bond donors (Lipinski definition) is 4. The van der Waals surface area contributed by atoms with Crippen molar-refractivity contribution in [2.24, 2.45) is 23.3 Å². The normalized spacial score (nSPS) is 19.9. The molecule has 1 aromatic heterocycles. The molecule has 0 aliphatic heterocycles. The van der Waals surface area contributed by atoms with Gasteiger partial charge in [0.05, 0.1) is 0 Å². The maximum atomic E-state index is 11.3. The van der Waals surface area contributed by atoms with Crippen LogP contribution >= 0.6 is 0 Å². The van der Waals surface area contributed by atoms with Crippen molar-refractivity contribution in [2.75, 3.05) is 6.54 Å². The summed E-state index contributed by atoms with van der Waals surface area (Å²) in [4.78, 5) is 24.7. The average Bonchev–Trinajstić information content (AvgIpc) is 2.62. The van der Waals surface area contributed by atoms with E-state index in [9.17, 15) is 9.59 Å². The number of hydrogen-bond acceptors (Lipinski definition) is 4. The van der Waals surface area contributed by atoms with Crippen LogP contribution in [0.15, 0.2) is 35.3 Å². The molecule has 1 aliphatic carbocycles. The van der Waals surface area contributed by atoms with Crippen LogP contribution in [0.2, 0.25) is 0 Å². The summed E-state index contributed by atoms with van der Waals surface area (Å²) in [6.07, 6.45) is 6.33. The van der Waals surface area contributed by atoms with Gasteiger partial charge in [-0.2, -0.15) is 0 Å². The molecule has 1 fully saturated rings. The van der Waals surface area contributed by atoms with Gasteiger partial charge in [0.15, 0.2) is 5.43 Å². The lowest BCUT2D eigenvalue weighted by Gasteiger charge is -2.26. The lowest BCUT2D eigenvalue weighted by atomic mass is 9.81. The molecular formula is C19H27N3O3. The molecule has 0 amide bonds. The Morgan fingerprint density at radius 2 is 1.80 bits per heavy atom. The molecule has 0 unspecified atom stereocenters. The van der Waals surface area contributed by atoms with Crippen LogP contribution in [0, 0.1) is 11.8 Å². The highest BCUT2D eigenvalue weighted by atomic mass is 16.4. The van der Waals surface area contributed by atoms with Gasteiger partial charge >= 0.3 is 5.97 Å². The van der Waals surface area contributed by atoms with Crippen LogP contribution in [-0.4, -0.2) is 22.6 Å². The van der Waals surface area contributed by atoms with E-state index in [0.29, 0.717) is 30.2 Å². The number of carboxylic acids is 1. The Kier molecular flexibility index (Phi) is 7.16. The number of nitrogens with two attached hydrogens (primary N) is 2. The number of pyridine rings is 1. The summed E-state index contributed by atoms with van der Waals surface area (Å²) >= 11 is 0. The fourth-order valence-corrected chi connectivity index (χ4v) is 3.27. The van der Waals surface area contributed by atoms with Gasteiger partial charge in [0.2, 0.25) is 0 Å². The number of nitrogens with one attached hydrogen (secondary N) is 1. The van der Waals surface area contributed by atoms with Gasteiger partial charge in [-0.05, 0) is 61.8 Å². The van der Waals surface area contributed by atoms with Crippen LogP contribution in [0.5, 0.6) is 0 Å². The van der Waals surface area contributed by atoms with Crippen molar-refractivity contribution in [1.82, 2.24) is 4.98 Å². The summed E-state index contributed by atoms with van der Waals surface area (Å²) in [7, 11) is 0. The van der Waals surface area contributed by atoms with Gasteiger partial charge < -0.3 is 21.6 Å². The standard InChI is InChI=1S/C10H10N2O.C9H17NO2/c11-6-7-1-2-8-9(5-7)12-4-3-10(8)13;10-6-8-3-1-7(2-4-8)5-9(11)12/h1-5H,6,11H2,(H,12,13);7-8H,1-6,10H2,(H,11,12). The Hall–Kier alpha value is -2.18. The molecule has 1 heterocycles. The van der Waals surface area contributed by atoms with Gasteiger partial charge in [-0.1, -0.05) is 6.07 Å². The van der Waals surface area contributed by atoms with Gasteiger partial charge in [0.1, 0.15) is 0 Å². The van der Waals surface area contributed by atoms with Crippen LogP contribution in [0.1, 0.15) is 37.7 Å². The second-order valence-corrected chi connectivity index (χ2v) is 6.65. The number of rotatable bonds is 4. The van der Waals surface area contributed by atoms with Crippen molar-refractivity contribution in [1.29, 1.82) is 0 Å². The molecule has 0 spiro atoms. The van der Waals surface area contributed by atoms with E-state index in [1.165, 1.54) is 6.07 Å². The monoisotopic (exact) mass is 345 g/mol. The Morgan fingerprint density at radius 3 is 2.40 bits per heavy atom. The predicted octanol–water partition coefficient (Wildman–Crippen LogP) is 2.21.